The van der Waals surface area contributed by atoms with Gasteiger partial charge in [0.1, 0.15) is 6.10 Å². The highest BCUT2D eigenvalue weighted by Gasteiger charge is 2.26. The quantitative estimate of drug-likeness (QED) is 0.247. The lowest BCUT2D eigenvalue weighted by atomic mass is 9.77. The van der Waals surface area contributed by atoms with Crippen LogP contribution in [-0.4, -0.2) is 45.6 Å². The molecule has 0 N–H and O–H groups in total. The normalized spacial score (nSPS) is 19.5. The third-order valence-corrected chi connectivity index (χ3v) is 15.9. The zero-order valence-corrected chi connectivity index (χ0v) is 52.5. The van der Waals surface area contributed by atoms with E-state index in [1.165, 1.54) is 113 Å². The molecular formula is C67H111N3OS. The van der Waals surface area contributed by atoms with Crippen LogP contribution in [0.2, 0.25) is 0 Å². The maximum atomic E-state index is 5.38. The summed E-state index contributed by atoms with van der Waals surface area (Å²) in [4.78, 5) is 11.2. The first-order valence-corrected chi connectivity index (χ1v) is 28.6. The molecule has 0 radical (unpaired) electrons. The second-order valence-electron chi connectivity index (χ2n) is 26.2. The fourth-order valence-corrected chi connectivity index (χ4v) is 10.5. The molecule has 5 aliphatic rings. The third kappa shape index (κ3) is 23.9. The number of ether oxygens (including phenoxy) is 1. The maximum Gasteiger partial charge on any atom is 0.121 e. The Morgan fingerprint density at radius 1 is 0.556 bits per heavy atom. The predicted molar refractivity (Wildman–Crippen MR) is 327 cm³/mol. The second kappa shape index (κ2) is 30.2. The molecule has 3 unspecified atom stereocenters. The molecule has 0 bridgehead atoms. The number of allylic oxidation sites excluding steroid dienone is 7. The first kappa shape index (κ1) is 66.6. The number of pyridine rings is 1. The molecule has 4 aliphatic heterocycles. The number of piperidine rings is 1. The van der Waals surface area contributed by atoms with Gasteiger partial charge in [0, 0.05) is 45.9 Å². The Morgan fingerprint density at radius 3 is 1.39 bits per heavy atom. The summed E-state index contributed by atoms with van der Waals surface area (Å²) in [6.45, 7) is 60.6. The number of aliphatic imine (C=N–C) groups is 1. The lowest BCUT2D eigenvalue weighted by molar-refractivity contribution is 0.0823. The Morgan fingerprint density at radius 2 is 1.08 bits per heavy atom. The summed E-state index contributed by atoms with van der Waals surface area (Å²) in [5.74, 6) is 0.949. The van der Waals surface area contributed by atoms with Crippen molar-refractivity contribution in [3.63, 3.8) is 0 Å². The molecule has 0 saturated carbocycles. The van der Waals surface area contributed by atoms with Crippen molar-refractivity contribution in [1.29, 1.82) is 0 Å². The first-order chi connectivity index (χ1) is 33.0. The van der Waals surface area contributed by atoms with Crippen LogP contribution in [0.25, 0.3) is 0 Å². The van der Waals surface area contributed by atoms with Gasteiger partial charge in [-0.3, -0.25) is 14.9 Å². The lowest BCUT2D eigenvalue weighted by Crippen LogP contribution is -2.44. The van der Waals surface area contributed by atoms with Gasteiger partial charge >= 0.3 is 0 Å². The first-order valence-electron chi connectivity index (χ1n) is 27.6. The van der Waals surface area contributed by atoms with Crippen molar-refractivity contribution in [1.82, 2.24) is 9.88 Å². The summed E-state index contributed by atoms with van der Waals surface area (Å²) >= 11 is 1.90. The third-order valence-electron chi connectivity index (χ3n) is 14.4. The van der Waals surface area contributed by atoms with E-state index in [0.717, 1.165) is 18.0 Å². The van der Waals surface area contributed by atoms with Gasteiger partial charge in [-0.25, -0.2) is 0 Å². The Labute approximate surface area is 451 Å². The molecule has 1 saturated heterocycles. The van der Waals surface area contributed by atoms with Crippen LogP contribution in [-0.2, 0) is 15.6 Å². The van der Waals surface area contributed by atoms with Crippen LogP contribution < -0.4 is 0 Å². The van der Waals surface area contributed by atoms with E-state index in [9.17, 15) is 0 Å². The van der Waals surface area contributed by atoms with Crippen LogP contribution in [0.15, 0.2) is 77.5 Å². The molecule has 3 atom stereocenters. The van der Waals surface area contributed by atoms with Gasteiger partial charge in [0.05, 0.1) is 6.26 Å². The summed E-state index contributed by atoms with van der Waals surface area (Å²) < 4.78 is 5.38. The van der Waals surface area contributed by atoms with E-state index >= 15 is 0 Å². The average Bonchev–Trinajstić information content (AvgIpc) is 3.78. The molecule has 5 heteroatoms. The summed E-state index contributed by atoms with van der Waals surface area (Å²) in [5.41, 5.74) is 18.0. The van der Waals surface area contributed by atoms with E-state index in [-0.39, 0.29) is 22.3 Å². The van der Waals surface area contributed by atoms with Gasteiger partial charge in [-0.1, -0.05) is 139 Å². The van der Waals surface area contributed by atoms with Gasteiger partial charge in [0.25, 0.3) is 0 Å². The number of likely N-dealkylation sites (tertiary alicyclic amines) is 1. The number of rotatable bonds is 0. The van der Waals surface area contributed by atoms with Crippen molar-refractivity contribution in [2.75, 3.05) is 13.1 Å². The van der Waals surface area contributed by atoms with E-state index in [4.69, 9.17) is 4.74 Å². The molecule has 7 rings (SSSR count). The minimum Gasteiger partial charge on any atom is -0.493 e. The van der Waals surface area contributed by atoms with Crippen molar-refractivity contribution in [3.8, 4) is 0 Å². The highest BCUT2D eigenvalue weighted by Crippen LogP contribution is 2.36. The number of aromatic nitrogens is 1. The molecule has 1 aromatic heterocycles. The monoisotopic (exact) mass is 1010 g/mol. The summed E-state index contributed by atoms with van der Waals surface area (Å²) in [5, 5.41) is 2.81. The molecule has 5 heterocycles. The molecule has 2 aromatic rings. The van der Waals surface area contributed by atoms with Crippen LogP contribution >= 0.6 is 11.8 Å². The zero-order valence-electron chi connectivity index (χ0n) is 51.7. The minimum atomic E-state index is 0.194. The molecule has 1 aromatic carbocycles. The topological polar surface area (TPSA) is 37.7 Å². The summed E-state index contributed by atoms with van der Waals surface area (Å²) in [7, 11) is 0. The molecule has 0 spiro atoms. The second-order valence-corrected chi connectivity index (χ2v) is 27.3. The van der Waals surface area contributed by atoms with Gasteiger partial charge in [0.2, 0.25) is 0 Å². The van der Waals surface area contributed by atoms with Crippen LogP contribution in [0.5, 0.6) is 0 Å². The van der Waals surface area contributed by atoms with Gasteiger partial charge in [0.15, 0.2) is 0 Å². The molecule has 4 nitrogen and oxygen atoms in total. The standard InChI is InChI=1S/C15H24.C13H21N.C9H19N.C9H14O.C9H14S.C7H12.C5H7N/c1-9-10(2)12(4)14(15(6,7)8)13(5)11(9)3;1-8-9(2)12(13(5,6)7)11(4)14-10(8)3;1-9(2,3)10-7-5-4-6-8-10;2*1-9(2,3)8-6-4-5-7-10-8;1-7-5-3-2-4-6-7;1-5-3-2-4-6-5/h1-8H3;1-7H3;4-8H2,1-3H3;2*4-8H,1-3H3;2-3,7H,4-6H2,1H3;2,4H,3H2,1H3. The highest BCUT2D eigenvalue weighted by atomic mass is 32.2. The Bertz CT molecular complexity index is 2100. The SMILES string of the molecule is CC(C)(C)C1C=CC=CO1.CC(C)(C)C1C=CC=CS1.CC(C)(C)N1CCCCC1.CC1=NC=CC1.CC1CC=CCC1.Cc1c(C)c(C)c(C(C)(C)C)c(C)c1C.Cc1nc(C)c(C(C)(C)C)c(C)c1C. The van der Waals surface area contributed by atoms with Crippen LogP contribution in [0, 0.1) is 79.1 Å². The Balaban J connectivity index is 0.000000427. The summed E-state index contributed by atoms with van der Waals surface area (Å²) in [6.07, 6.45) is 32.2. The van der Waals surface area contributed by atoms with Crippen molar-refractivity contribution in [2.24, 2.45) is 21.7 Å². The Kier molecular flexibility index (Phi) is 28.0. The largest absolute Gasteiger partial charge is 0.493 e. The van der Waals surface area contributed by atoms with Crippen molar-refractivity contribution < 1.29 is 4.74 Å². The predicted octanol–water partition coefficient (Wildman–Crippen LogP) is 19.9. The zero-order chi connectivity index (χ0) is 55.4. The number of hydrogen-bond acceptors (Lipinski definition) is 5. The minimum absolute atomic E-state index is 0.194. The smallest absolute Gasteiger partial charge is 0.121 e. The number of aryl methyl sites for hydroxylation is 2. The molecule has 1 aliphatic carbocycles. The van der Waals surface area contributed by atoms with Crippen LogP contribution in [0.4, 0.5) is 0 Å². The Hall–Kier alpha value is -3.41. The van der Waals surface area contributed by atoms with E-state index in [1.54, 1.807) is 6.26 Å². The molecule has 72 heavy (non-hydrogen) atoms. The summed E-state index contributed by atoms with van der Waals surface area (Å²) in [6, 6.07) is 0. The fourth-order valence-electron chi connectivity index (χ4n) is 9.57. The van der Waals surface area contributed by atoms with Crippen LogP contribution in [0.3, 0.4) is 0 Å². The molecule has 1 fully saturated rings. The fraction of sp³-hybridized carbons (Fsp3) is 0.642. The van der Waals surface area contributed by atoms with Gasteiger partial charge < -0.3 is 4.74 Å². The van der Waals surface area contributed by atoms with Gasteiger partial charge in [-0.05, 0) is 225 Å². The average molecular weight is 1010 g/mol. The number of hydrogen-bond donors (Lipinski definition) is 0. The van der Waals surface area contributed by atoms with Gasteiger partial charge in [-0.2, -0.15) is 0 Å². The van der Waals surface area contributed by atoms with E-state index < -0.39 is 0 Å². The molecular weight excluding hydrogens is 895 g/mol. The van der Waals surface area contributed by atoms with Crippen molar-refractivity contribution in [3.05, 3.63) is 134 Å². The molecule has 406 valence electrons. The van der Waals surface area contributed by atoms with E-state index in [0.29, 0.717) is 16.2 Å². The number of nitrogens with zero attached hydrogens (tertiary/aromatic N) is 3. The molecule has 0 amide bonds. The maximum absolute atomic E-state index is 5.38. The van der Waals surface area contributed by atoms with E-state index in [1.807, 2.05) is 37.0 Å². The number of benzene rings is 1. The van der Waals surface area contributed by atoms with Crippen molar-refractivity contribution in [2.45, 2.75) is 253 Å². The van der Waals surface area contributed by atoms with Crippen LogP contribution in [0.1, 0.15) is 224 Å². The lowest BCUT2D eigenvalue weighted by Gasteiger charge is -2.38. The van der Waals surface area contributed by atoms with Gasteiger partial charge in [-0.15, -0.1) is 11.8 Å². The van der Waals surface area contributed by atoms with E-state index in [2.05, 4.69) is 236 Å². The van der Waals surface area contributed by atoms with Crippen molar-refractivity contribution >= 4 is 17.5 Å². The highest BCUT2D eigenvalue weighted by molar-refractivity contribution is 8.03. The number of thioether (sulfide) groups is 1.